The Hall–Kier alpha value is -0.259. The van der Waals surface area contributed by atoms with E-state index in [1.54, 1.807) is 0 Å². The molecule has 0 N–H and O–H groups in total. The van der Waals surface area contributed by atoms with Gasteiger partial charge in [-0.1, -0.05) is 48.1 Å². The van der Waals surface area contributed by atoms with Crippen molar-refractivity contribution in [2.45, 2.75) is 97.2 Å². The van der Waals surface area contributed by atoms with Gasteiger partial charge in [0.05, 0.1) is 6.61 Å². The Bertz CT molecular complexity index is 413. The predicted molar refractivity (Wildman–Crippen MR) is 125 cm³/mol. The molecule has 0 aliphatic rings. The fraction of sp³-hybridized carbons (Fsp3) is 0.850. The molecule has 0 radical (unpaired) electrons. The van der Waals surface area contributed by atoms with E-state index in [4.69, 9.17) is 17.4 Å². The summed E-state index contributed by atoms with van der Waals surface area (Å²) in [5.41, 5.74) is 0. The lowest BCUT2D eigenvalue weighted by atomic mass is 10.5. The minimum atomic E-state index is -2.87. The average molecular weight is 449 g/mol. The van der Waals surface area contributed by atoms with Crippen molar-refractivity contribution in [2.24, 2.45) is 0 Å². The second kappa shape index (κ2) is 13.9. The van der Waals surface area contributed by atoms with Gasteiger partial charge in [0.1, 0.15) is 0 Å². The zero-order valence-corrected chi connectivity index (χ0v) is 22.4. The van der Waals surface area contributed by atoms with Gasteiger partial charge in [0.2, 0.25) is 0 Å². The zero-order chi connectivity index (χ0) is 21.7. The van der Waals surface area contributed by atoms with E-state index in [0.717, 1.165) is 36.3 Å². The fourth-order valence-corrected chi connectivity index (χ4v) is 18.3. The number of esters is 1. The van der Waals surface area contributed by atoms with Crippen LogP contribution < -0.4 is 0 Å². The first-order valence-corrected chi connectivity index (χ1v) is 18.1. The summed E-state index contributed by atoms with van der Waals surface area (Å²) in [4.78, 5) is 11.4. The summed E-state index contributed by atoms with van der Waals surface area (Å²) in [5.74, 6) is -0.385. The van der Waals surface area contributed by atoms with Crippen LogP contribution in [0.4, 0.5) is 0 Å². The Kier molecular flexibility index (Phi) is 13.7. The lowest BCUT2D eigenvalue weighted by Gasteiger charge is -2.44. The summed E-state index contributed by atoms with van der Waals surface area (Å²) in [7, 11) is -6.68. The van der Waals surface area contributed by atoms with Gasteiger partial charge in [0.15, 0.2) is 16.6 Å². The molecule has 28 heavy (non-hydrogen) atoms. The minimum Gasteiger partial charge on any atom is -0.463 e. The maximum absolute atomic E-state index is 11.4. The quantitative estimate of drug-likeness (QED) is 0.116. The van der Waals surface area contributed by atoms with Gasteiger partial charge in [-0.05, 0) is 49.6 Å². The molecule has 0 atom stereocenters. The molecule has 8 heteroatoms. The van der Waals surface area contributed by atoms with Crippen LogP contribution in [0, 0.1) is 0 Å². The number of rotatable bonds is 17. The Morgan fingerprint density at radius 2 is 1.25 bits per heavy atom. The molecule has 0 saturated carbocycles. The number of carbonyl (C=O) groups excluding carboxylic acids is 1. The first kappa shape index (κ1) is 27.7. The number of carbonyl (C=O) groups is 1. The van der Waals surface area contributed by atoms with Crippen LogP contribution in [0.5, 0.6) is 0 Å². The molecule has 0 aromatic heterocycles. The summed E-state index contributed by atoms with van der Waals surface area (Å²) < 4.78 is 25.6. The van der Waals surface area contributed by atoms with Gasteiger partial charge in [0, 0.05) is 18.7 Å². The van der Waals surface area contributed by atoms with Crippen LogP contribution in [-0.2, 0) is 22.2 Å². The van der Waals surface area contributed by atoms with Gasteiger partial charge in [-0.25, -0.2) is 4.79 Å². The molecule has 0 aliphatic heterocycles. The highest BCUT2D eigenvalue weighted by Crippen LogP contribution is 2.35. The topological polar surface area (TPSA) is 54.0 Å². The molecule has 0 bridgehead atoms. The highest BCUT2D eigenvalue weighted by Gasteiger charge is 2.51. The lowest BCUT2D eigenvalue weighted by Crippen LogP contribution is -2.60. The normalized spacial score (nSPS) is 12.8. The van der Waals surface area contributed by atoms with Crippen molar-refractivity contribution in [1.29, 1.82) is 0 Å². The zero-order valence-electron chi connectivity index (χ0n) is 19.4. The molecule has 0 fully saturated rings. The summed E-state index contributed by atoms with van der Waals surface area (Å²) in [6.45, 7) is 19.8. The van der Waals surface area contributed by atoms with Crippen molar-refractivity contribution in [3.8, 4) is 0 Å². The molecular weight excluding hydrogens is 404 g/mol. The maximum atomic E-state index is 11.4. The summed E-state index contributed by atoms with van der Waals surface area (Å²) >= 11 is 0. The third kappa shape index (κ3) is 8.24. The molecule has 0 aromatic carbocycles. The third-order valence-corrected chi connectivity index (χ3v) is 21.4. The van der Waals surface area contributed by atoms with Gasteiger partial charge in [-0.2, -0.15) is 0 Å². The molecule has 0 rings (SSSR count). The maximum Gasteiger partial charge on any atom is 0.480 e. The summed E-state index contributed by atoms with van der Waals surface area (Å²) in [5, 5.41) is 0. The average Bonchev–Trinajstić information content (AvgIpc) is 2.73. The molecule has 0 saturated heterocycles. The highest BCUT2D eigenvalue weighted by atomic mass is 28.5. The molecule has 0 aromatic rings. The van der Waals surface area contributed by atoms with E-state index < -0.39 is 25.4 Å². The van der Waals surface area contributed by atoms with E-state index in [1.807, 2.05) is 6.92 Å². The third-order valence-electron chi connectivity index (χ3n) is 6.01. The van der Waals surface area contributed by atoms with Crippen LogP contribution >= 0.6 is 0 Å². The van der Waals surface area contributed by atoms with Crippen molar-refractivity contribution in [3.05, 3.63) is 12.7 Å². The summed E-state index contributed by atoms with van der Waals surface area (Å²) in [6.07, 6.45) is 1.89. The number of hydrogen-bond donors (Lipinski definition) is 0. The smallest absolute Gasteiger partial charge is 0.463 e. The van der Waals surface area contributed by atoms with Gasteiger partial charge in [0.25, 0.3) is 0 Å². The van der Waals surface area contributed by atoms with Crippen LogP contribution in [0.2, 0.25) is 42.3 Å². The second-order valence-electron chi connectivity index (χ2n) is 7.28. The summed E-state index contributed by atoms with van der Waals surface area (Å²) in [6, 6.07) is 7.09. The van der Waals surface area contributed by atoms with Crippen molar-refractivity contribution < 1.29 is 22.2 Å². The minimum absolute atomic E-state index is 0.345. The van der Waals surface area contributed by atoms with Crippen LogP contribution in [0.15, 0.2) is 12.7 Å². The van der Waals surface area contributed by atoms with Gasteiger partial charge in [-0.3, -0.25) is 0 Å². The van der Waals surface area contributed by atoms with E-state index in [-0.39, 0.29) is 5.97 Å². The van der Waals surface area contributed by atoms with Gasteiger partial charge >= 0.3 is 14.8 Å². The van der Waals surface area contributed by atoms with Crippen LogP contribution in [0.25, 0.3) is 0 Å². The van der Waals surface area contributed by atoms with Crippen molar-refractivity contribution in [1.82, 2.24) is 0 Å². The highest BCUT2D eigenvalue weighted by molar-refractivity contribution is 6.87. The molecule has 0 spiro atoms. The van der Waals surface area contributed by atoms with E-state index in [1.165, 1.54) is 6.08 Å². The monoisotopic (exact) mass is 448 g/mol. The SMILES string of the molecule is C=CC(=O)OCCC[Si](OCC)(O[Si](CC)(CC)CC)O[Si](CC)(CC)CC. The molecule has 0 amide bonds. The van der Waals surface area contributed by atoms with Gasteiger partial charge in [-0.15, -0.1) is 0 Å². The van der Waals surface area contributed by atoms with Crippen molar-refractivity contribution in [3.63, 3.8) is 0 Å². The van der Waals surface area contributed by atoms with E-state index in [0.29, 0.717) is 25.7 Å². The molecule has 0 aliphatic carbocycles. The van der Waals surface area contributed by atoms with E-state index in [9.17, 15) is 4.79 Å². The van der Waals surface area contributed by atoms with Crippen molar-refractivity contribution in [2.75, 3.05) is 13.2 Å². The Morgan fingerprint density at radius 3 is 1.57 bits per heavy atom. The Labute approximate surface area is 176 Å². The van der Waals surface area contributed by atoms with E-state index >= 15 is 0 Å². The van der Waals surface area contributed by atoms with E-state index in [2.05, 4.69) is 48.1 Å². The molecule has 5 nitrogen and oxygen atoms in total. The fourth-order valence-electron chi connectivity index (χ4n) is 3.59. The molecular formula is C20H44O5Si3. The molecule has 0 unspecified atom stereocenters. The second-order valence-corrected chi connectivity index (χ2v) is 20.0. The molecule has 166 valence electrons. The lowest BCUT2D eigenvalue weighted by molar-refractivity contribution is -0.137. The Balaban J connectivity index is 5.75. The van der Waals surface area contributed by atoms with Crippen LogP contribution in [-0.4, -0.2) is 44.6 Å². The van der Waals surface area contributed by atoms with Crippen molar-refractivity contribution >= 4 is 31.4 Å². The standard InChI is InChI=1S/C20H44O5Si3/c1-9-20(21)22-18-17-19-28(23-10-2,24-26(11-3,12-4)13-5)25-27(14-6,15-7)16-8/h9H,1,10-19H2,2-8H3. The van der Waals surface area contributed by atoms with Gasteiger partial charge < -0.3 is 17.4 Å². The predicted octanol–water partition coefficient (Wildman–Crippen LogP) is 6.12. The first-order valence-electron chi connectivity index (χ1n) is 11.1. The number of hydrogen-bond acceptors (Lipinski definition) is 5. The molecule has 0 heterocycles. The number of ether oxygens (including phenoxy) is 1. The Morgan fingerprint density at radius 1 is 0.821 bits per heavy atom. The van der Waals surface area contributed by atoms with Crippen LogP contribution in [0.3, 0.4) is 0 Å². The largest absolute Gasteiger partial charge is 0.480 e. The van der Waals surface area contributed by atoms with Crippen LogP contribution in [0.1, 0.15) is 54.9 Å². The first-order chi connectivity index (χ1) is 13.3.